The highest BCUT2D eigenvalue weighted by Gasteiger charge is 2.18. The van der Waals surface area contributed by atoms with Crippen molar-refractivity contribution in [2.45, 2.75) is 33.2 Å². The van der Waals surface area contributed by atoms with Crippen molar-refractivity contribution in [3.8, 4) is 5.75 Å². The molecule has 0 aliphatic heterocycles. The van der Waals surface area contributed by atoms with Crippen LogP contribution in [0, 0.1) is 20.8 Å². The fourth-order valence-electron chi connectivity index (χ4n) is 3.16. The summed E-state index contributed by atoms with van der Waals surface area (Å²) in [7, 11) is 1.62. The molecule has 3 heteroatoms. The Balaban J connectivity index is 1.85. The molecular weight excluding hydrogens is 346 g/mol. The zero-order chi connectivity index (χ0) is 20.1. The van der Waals surface area contributed by atoms with Crippen molar-refractivity contribution in [2.75, 3.05) is 12.4 Å². The van der Waals surface area contributed by atoms with Gasteiger partial charge in [-0.05, 0) is 73.9 Å². The van der Waals surface area contributed by atoms with Gasteiger partial charge in [0.25, 0.3) is 0 Å². The fourth-order valence-corrected chi connectivity index (χ4v) is 3.16. The van der Waals surface area contributed by atoms with Gasteiger partial charge in [0.2, 0.25) is 0 Å². The zero-order valence-electron chi connectivity index (χ0n) is 17.0. The average molecular weight is 373 g/mol. The van der Waals surface area contributed by atoms with Gasteiger partial charge in [0.05, 0.1) is 13.2 Å². The predicted molar refractivity (Wildman–Crippen MR) is 115 cm³/mol. The lowest BCUT2D eigenvalue weighted by Crippen LogP contribution is -2.16. The van der Waals surface area contributed by atoms with Gasteiger partial charge in [0.1, 0.15) is 5.75 Å². The first-order valence-corrected chi connectivity index (χ1v) is 9.54. The molecule has 0 amide bonds. The van der Waals surface area contributed by atoms with E-state index in [1.165, 1.54) is 16.7 Å². The number of Topliss-reactive ketones (excluding diaryl/α,β-unsaturated/α-hetero) is 1. The Kier molecular flexibility index (Phi) is 6.15. The summed E-state index contributed by atoms with van der Waals surface area (Å²) in [4.78, 5) is 12.9. The molecule has 3 aromatic carbocycles. The molecule has 0 spiro atoms. The molecule has 3 rings (SSSR count). The van der Waals surface area contributed by atoms with Crippen molar-refractivity contribution >= 4 is 11.5 Å². The Labute approximate surface area is 167 Å². The van der Waals surface area contributed by atoms with Crippen molar-refractivity contribution in [3.63, 3.8) is 0 Å². The molecule has 144 valence electrons. The normalized spacial score (nSPS) is 11.7. The summed E-state index contributed by atoms with van der Waals surface area (Å²) < 4.78 is 5.19. The molecule has 1 atom stereocenters. The lowest BCUT2D eigenvalue weighted by Gasteiger charge is -2.21. The fraction of sp³-hybridized carbons (Fsp3) is 0.240. The number of carbonyl (C=O) groups is 1. The number of aryl methyl sites for hydroxylation is 3. The Hall–Kier alpha value is -3.07. The maximum atomic E-state index is 12.9. The first kappa shape index (κ1) is 19.7. The SMILES string of the molecule is COc1ccc(C(=O)CC(Nc2ccc(C)c(C)c2)c2ccc(C)cc2)cc1. The predicted octanol–water partition coefficient (Wildman–Crippen LogP) is 6.05. The van der Waals surface area contributed by atoms with Crippen LogP contribution in [0.1, 0.15) is 45.1 Å². The van der Waals surface area contributed by atoms with Crippen LogP contribution >= 0.6 is 0 Å². The highest BCUT2D eigenvalue weighted by molar-refractivity contribution is 5.96. The summed E-state index contributed by atoms with van der Waals surface area (Å²) in [6.07, 6.45) is 0.377. The van der Waals surface area contributed by atoms with Gasteiger partial charge >= 0.3 is 0 Å². The molecule has 0 aliphatic carbocycles. The van der Waals surface area contributed by atoms with Gasteiger partial charge in [-0.3, -0.25) is 4.79 Å². The molecule has 0 saturated heterocycles. The van der Waals surface area contributed by atoms with Gasteiger partial charge in [-0.25, -0.2) is 0 Å². The van der Waals surface area contributed by atoms with Gasteiger partial charge < -0.3 is 10.1 Å². The third-order valence-electron chi connectivity index (χ3n) is 5.13. The third kappa shape index (κ3) is 4.80. The van der Waals surface area contributed by atoms with Gasteiger partial charge in [0.15, 0.2) is 5.78 Å². The van der Waals surface area contributed by atoms with Crippen LogP contribution in [0.5, 0.6) is 5.75 Å². The quantitative estimate of drug-likeness (QED) is 0.513. The Morgan fingerprint density at radius 2 is 1.57 bits per heavy atom. The maximum Gasteiger partial charge on any atom is 0.165 e. The molecule has 3 aromatic rings. The molecule has 0 aromatic heterocycles. The largest absolute Gasteiger partial charge is 0.497 e. The number of ketones is 1. The van der Waals surface area contributed by atoms with Crippen LogP contribution in [0.15, 0.2) is 66.7 Å². The highest BCUT2D eigenvalue weighted by atomic mass is 16.5. The van der Waals surface area contributed by atoms with Crippen LogP contribution in [-0.2, 0) is 0 Å². The maximum absolute atomic E-state index is 12.9. The Bertz CT molecular complexity index is 943. The number of hydrogen-bond acceptors (Lipinski definition) is 3. The lowest BCUT2D eigenvalue weighted by molar-refractivity contribution is 0.0976. The van der Waals surface area contributed by atoms with Crippen LogP contribution < -0.4 is 10.1 Å². The minimum atomic E-state index is -0.0997. The van der Waals surface area contributed by atoms with Crippen LogP contribution in [0.25, 0.3) is 0 Å². The second kappa shape index (κ2) is 8.75. The molecular formula is C25H27NO2. The Morgan fingerprint density at radius 1 is 0.893 bits per heavy atom. The van der Waals surface area contributed by atoms with Gasteiger partial charge in [0, 0.05) is 17.7 Å². The summed E-state index contributed by atoms with van der Waals surface area (Å²) in [5.41, 5.74) is 6.51. The third-order valence-corrected chi connectivity index (χ3v) is 5.13. The van der Waals surface area contributed by atoms with E-state index in [4.69, 9.17) is 4.74 Å². The van der Waals surface area contributed by atoms with Gasteiger partial charge in [-0.15, -0.1) is 0 Å². The zero-order valence-corrected chi connectivity index (χ0v) is 17.0. The molecule has 28 heavy (non-hydrogen) atoms. The van der Waals surface area contributed by atoms with E-state index in [2.05, 4.69) is 68.6 Å². The van der Waals surface area contributed by atoms with E-state index in [0.717, 1.165) is 17.0 Å². The summed E-state index contributed by atoms with van der Waals surface area (Å²) in [5, 5.41) is 3.56. The van der Waals surface area contributed by atoms with Crippen LogP contribution in [0.2, 0.25) is 0 Å². The van der Waals surface area contributed by atoms with Crippen molar-refractivity contribution in [3.05, 3.63) is 94.5 Å². The van der Waals surface area contributed by atoms with E-state index in [1.807, 2.05) is 24.3 Å². The molecule has 0 radical (unpaired) electrons. The minimum absolute atomic E-state index is 0.0997. The number of carbonyl (C=O) groups excluding carboxylic acids is 1. The van der Waals surface area contributed by atoms with E-state index in [1.54, 1.807) is 7.11 Å². The number of benzene rings is 3. The van der Waals surface area contributed by atoms with Crippen LogP contribution in [-0.4, -0.2) is 12.9 Å². The lowest BCUT2D eigenvalue weighted by atomic mass is 9.96. The summed E-state index contributed by atoms with van der Waals surface area (Å²) in [6, 6.07) is 21.9. The number of ether oxygens (including phenoxy) is 1. The van der Waals surface area contributed by atoms with E-state index in [9.17, 15) is 4.79 Å². The molecule has 0 heterocycles. The average Bonchev–Trinajstić information content (AvgIpc) is 2.71. The van der Waals surface area contributed by atoms with Crippen molar-refractivity contribution < 1.29 is 9.53 Å². The summed E-state index contributed by atoms with van der Waals surface area (Å²) >= 11 is 0. The van der Waals surface area contributed by atoms with Gasteiger partial charge in [-0.2, -0.15) is 0 Å². The number of hydrogen-bond donors (Lipinski definition) is 1. The minimum Gasteiger partial charge on any atom is -0.497 e. The standard InChI is InChI=1S/C25H27NO2/c1-17-5-8-20(9-6-17)24(26-22-12-7-18(2)19(3)15-22)16-25(27)21-10-13-23(28-4)14-11-21/h5-15,24,26H,16H2,1-4H3. The van der Waals surface area contributed by atoms with E-state index in [0.29, 0.717) is 12.0 Å². The molecule has 0 fully saturated rings. The van der Waals surface area contributed by atoms with Crippen molar-refractivity contribution in [1.82, 2.24) is 0 Å². The molecule has 0 aliphatic rings. The molecule has 0 bridgehead atoms. The van der Waals surface area contributed by atoms with Crippen LogP contribution in [0.3, 0.4) is 0 Å². The summed E-state index contributed by atoms with van der Waals surface area (Å²) in [6.45, 7) is 6.27. The number of rotatable bonds is 7. The van der Waals surface area contributed by atoms with Crippen molar-refractivity contribution in [1.29, 1.82) is 0 Å². The molecule has 3 nitrogen and oxygen atoms in total. The highest BCUT2D eigenvalue weighted by Crippen LogP contribution is 2.26. The number of methoxy groups -OCH3 is 1. The smallest absolute Gasteiger partial charge is 0.165 e. The topological polar surface area (TPSA) is 38.3 Å². The van der Waals surface area contributed by atoms with E-state index < -0.39 is 0 Å². The molecule has 0 saturated carbocycles. The van der Waals surface area contributed by atoms with E-state index >= 15 is 0 Å². The Morgan fingerprint density at radius 3 is 2.18 bits per heavy atom. The van der Waals surface area contributed by atoms with E-state index in [-0.39, 0.29) is 11.8 Å². The number of nitrogens with one attached hydrogen (secondary N) is 1. The molecule has 1 unspecified atom stereocenters. The second-order valence-corrected chi connectivity index (χ2v) is 7.26. The first-order chi connectivity index (χ1) is 13.5. The van der Waals surface area contributed by atoms with Gasteiger partial charge in [-0.1, -0.05) is 35.9 Å². The second-order valence-electron chi connectivity index (χ2n) is 7.26. The van der Waals surface area contributed by atoms with Crippen LogP contribution in [0.4, 0.5) is 5.69 Å². The summed E-state index contributed by atoms with van der Waals surface area (Å²) in [5.74, 6) is 0.851. The monoisotopic (exact) mass is 373 g/mol. The number of anilines is 1. The van der Waals surface area contributed by atoms with Crippen molar-refractivity contribution in [2.24, 2.45) is 0 Å². The molecule has 1 N–H and O–H groups in total. The first-order valence-electron chi connectivity index (χ1n) is 9.54.